The summed E-state index contributed by atoms with van der Waals surface area (Å²) in [5.74, 6) is 0.629. The second-order valence-corrected chi connectivity index (χ2v) is 5.88. The van der Waals surface area contributed by atoms with E-state index in [9.17, 15) is 13.2 Å². The monoisotopic (exact) mass is 301 g/mol. The molecule has 21 heavy (non-hydrogen) atoms. The van der Waals surface area contributed by atoms with Crippen LogP contribution in [0.5, 0.6) is 5.75 Å². The second kappa shape index (κ2) is 7.16. The molecule has 1 aromatic carbocycles. The molecule has 0 heterocycles. The van der Waals surface area contributed by atoms with Crippen molar-refractivity contribution in [1.82, 2.24) is 0 Å². The quantitative estimate of drug-likeness (QED) is 0.844. The molecule has 2 nitrogen and oxygen atoms in total. The normalized spacial score (nSPS) is 17.9. The Balaban J connectivity index is 1.76. The van der Waals surface area contributed by atoms with Crippen molar-refractivity contribution in [3.63, 3.8) is 0 Å². The van der Waals surface area contributed by atoms with Crippen molar-refractivity contribution in [2.75, 3.05) is 0 Å². The van der Waals surface area contributed by atoms with E-state index in [0.717, 1.165) is 24.3 Å². The highest BCUT2D eigenvalue weighted by Gasteiger charge is 2.30. The van der Waals surface area contributed by atoms with Gasteiger partial charge in [0.05, 0.1) is 0 Å². The molecule has 0 aromatic heterocycles. The molecule has 5 heteroatoms. The summed E-state index contributed by atoms with van der Waals surface area (Å²) in [5, 5.41) is 0. The Hall–Kier alpha value is -1.23. The Morgan fingerprint density at radius 2 is 1.76 bits per heavy atom. The van der Waals surface area contributed by atoms with Crippen LogP contribution in [-0.4, -0.2) is 12.4 Å². The third-order valence-corrected chi connectivity index (χ3v) is 4.08. The van der Waals surface area contributed by atoms with Gasteiger partial charge >= 0.3 is 6.36 Å². The number of rotatable bonds is 6. The van der Waals surface area contributed by atoms with Crippen LogP contribution in [0.2, 0.25) is 0 Å². The summed E-state index contributed by atoms with van der Waals surface area (Å²) in [6.45, 7) is 0. The van der Waals surface area contributed by atoms with Gasteiger partial charge in [-0.3, -0.25) is 0 Å². The van der Waals surface area contributed by atoms with Gasteiger partial charge in [-0.2, -0.15) is 0 Å². The van der Waals surface area contributed by atoms with Gasteiger partial charge < -0.3 is 10.5 Å². The van der Waals surface area contributed by atoms with Crippen molar-refractivity contribution in [2.45, 2.75) is 57.3 Å². The van der Waals surface area contributed by atoms with Crippen molar-refractivity contribution in [2.24, 2.45) is 11.7 Å². The number of ether oxygens (including phenoxy) is 1. The van der Waals surface area contributed by atoms with Gasteiger partial charge in [0.2, 0.25) is 0 Å². The molecule has 1 saturated carbocycles. The number of benzene rings is 1. The van der Waals surface area contributed by atoms with Gasteiger partial charge in [0.1, 0.15) is 5.75 Å². The first kappa shape index (κ1) is 16.1. The minimum absolute atomic E-state index is 0.0694. The Morgan fingerprint density at radius 1 is 1.14 bits per heavy atom. The van der Waals surface area contributed by atoms with Crippen LogP contribution >= 0.6 is 0 Å². The molecule has 2 rings (SSSR count). The maximum atomic E-state index is 12.1. The van der Waals surface area contributed by atoms with E-state index < -0.39 is 6.36 Å². The van der Waals surface area contributed by atoms with Crippen molar-refractivity contribution < 1.29 is 17.9 Å². The second-order valence-electron chi connectivity index (χ2n) is 5.88. The maximum absolute atomic E-state index is 12.1. The Kier molecular flexibility index (Phi) is 5.51. The number of alkyl halides is 3. The summed E-state index contributed by atoms with van der Waals surface area (Å²) in [5.41, 5.74) is 7.06. The number of hydrogen-bond donors (Lipinski definition) is 1. The molecule has 1 unspecified atom stereocenters. The topological polar surface area (TPSA) is 35.2 Å². The fourth-order valence-corrected chi connectivity index (χ4v) is 2.98. The molecule has 0 spiro atoms. The van der Waals surface area contributed by atoms with Gasteiger partial charge in [0.15, 0.2) is 0 Å². The van der Waals surface area contributed by atoms with Gasteiger partial charge in [0.25, 0.3) is 0 Å². The fraction of sp³-hybridized carbons (Fsp3) is 0.625. The Morgan fingerprint density at radius 3 is 2.33 bits per heavy atom. The van der Waals surface area contributed by atoms with Crippen LogP contribution in [0.25, 0.3) is 0 Å². The first-order valence-electron chi connectivity index (χ1n) is 7.52. The van der Waals surface area contributed by atoms with Crippen LogP contribution in [-0.2, 0) is 6.42 Å². The van der Waals surface area contributed by atoms with Crippen LogP contribution in [0.1, 0.15) is 44.1 Å². The number of halogens is 3. The zero-order chi connectivity index (χ0) is 15.3. The SMILES string of the molecule is NC(CCC1CCCC1)Cc1ccc(OC(F)(F)F)cc1. The molecule has 118 valence electrons. The molecule has 0 bridgehead atoms. The molecule has 1 atom stereocenters. The van der Waals surface area contributed by atoms with Gasteiger partial charge in [-0.15, -0.1) is 13.2 Å². The highest BCUT2D eigenvalue weighted by molar-refractivity contribution is 5.27. The van der Waals surface area contributed by atoms with Crippen molar-refractivity contribution >= 4 is 0 Å². The molecular formula is C16H22F3NO. The van der Waals surface area contributed by atoms with Crippen molar-refractivity contribution in [3.8, 4) is 5.75 Å². The number of nitrogens with two attached hydrogens (primary N) is 1. The lowest BCUT2D eigenvalue weighted by Crippen LogP contribution is -2.23. The largest absolute Gasteiger partial charge is 0.573 e. The molecule has 0 radical (unpaired) electrons. The number of hydrogen-bond acceptors (Lipinski definition) is 2. The Bertz CT molecular complexity index is 424. The molecule has 1 aliphatic carbocycles. The standard InChI is InChI=1S/C16H22F3NO/c17-16(18,19)21-15-9-6-13(7-10-15)11-14(20)8-5-12-3-1-2-4-12/h6-7,9-10,12,14H,1-5,8,11,20H2. The minimum Gasteiger partial charge on any atom is -0.406 e. The lowest BCUT2D eigenvalue weighted by Gasteiger charge is -2.15. The zero-order valence-electron chi connectivity index (χ0n) is 12.0. The van der Waals surface area contributed by atoms with E-state index >= 15 is 0 Å². The van der Waals surface area contributed by atoms with Crippen molar-refractivity contribution in [1.29, 1.82) is 0 Å². The third kappa shape index (κ3) is 5.96. The summed E-state index contributed by atoms with van der Waals surface area (Å²) in [7, 11) is 0. The summed E-state index contributed by atoms with van der Waals surface area (Å²) in [4.78, 5) is 0. The van der Waals surface area contributed by atoms with E-state index in [1.165, 1.54) is 37.8 Å². The molecule has 0 aliphatic heterocycles. The van der Waals surface area contributed by atoms with E-state index in [-0.39, 0.29) is 11.8 Å². The highest BCUT2D eigenvalue weighted by Crippen LogP contribution is 2.29. The summed E-state index contributed by atoms with van der Waals surface area (Å²) in [6, 6.07) is 6.05. The van der Waals surface area contributed by atoms with Crippen LogP contribution in [0.3, 0.4) is 0 Å². The molecule has 2 N–H and O–H groups in total. The van der Waals surface area contributed by atoms with E-state index in [1.807, 2.05) is 0 Å². The zero-order valence-corrected chi connectivity index (χ0v) is 12.0. The molecular weight excluding hydrogens is 279 g/mol. The van der Waals surface area contributed by atoms with Crippen LogP contribution in [0.15, 0.2) is 24.3 Å². The summed E-state index contributed by atoms with van der Waals surface area (Å²) < 4.78 is 40.0. The van der Waals surface area contributed by atoms with Crippen LogP contribution < -0.4 is 10.5 Å². The smallest absolute Gasteiger partial charge is 0.406 e. The molecule has 1 aromatic rings. The first-order chi connectivity index (χ1) is 9.92. The van der Waals surface area contributed by atoms with E-state index in [0.29, 0.717) is 6.42 Å². The van der Waals surface area contributed by atoms with E-state index in [1.54, 1.807) is 12.1 Å². The summed E-state index contributed by atoms with van der Waals surface area (Å²) in [6.07, 6.45) is 3.49. The molecule has 1 fully saturated rings. The molecule has 0 amide bonds. The molecule has 0 saturated heterocycles. The average Bonchev–Trinajstić information content (AvgIpc) is 2.90. The Labute approximate surface area is 123 Å². The maximum Gasteiger partial charge on any atom is 0.573 e. The molecule has 1 aliphatic rings. The van der Waals surface area contributed by atoms with Gasteiger partial charge in [-0.25, -0.2) is 0 Å². The summed E-state index contributed by atoms with van der Waals surface area (Å²) >= 11 is 0. The highest BCUT2D eigenvalue weighted by atomic mass is 19.4. The lowest BCUT2D eigenvalue weighted by atomic mass is 9.95. The minimum atomic E-state index is -4.64. The fourth-order valence-electron chi connectivity index (χ4n) is 2.98. The van der Waals surface area contributed by atoms with Gasteiger partial charge in [-0.05, 0) is 42.9 Å². The first-order valence-corrected chi connectivity index (χ1v) is 7.52. The van der Waals surface area contributed by atoms with Gasteiger partial charge in [-0.1, -0.05) is 37.8 Å². The third-order valence-electron chi connectivity index (χ3n) is 4.08. The van der Waals surface area contributed by atoms with Crippen LogP contribution in [0, 0.1) is 5.92 Å². The predicted molar refractivity (Wildman–Crippen MR) is 76.0 cm³/mol. The lowest BCUT2D eigenvalue weighted by molar-refractivity contribution is -0.274. The average molecular weight is 301 g/mol. The van der Waals surface area contributed by atoms with Crippen molar-refractivity contribution in [3.05, 3.63) is 29.8 Å². The van der Waals surface area contributed by atoms with E-state index in [4.69, 9.17) is 5.73 Å². The predicted octanol–water partition coefficient (Wildman–Crippen LogP) is 4.43. The van der Waals surface area contributed by atoms with Gasteiger partial charge in [0, 0.05) is 6.04 Å². The van der Waals surface area contributed by atoms with E-state index in [2.05, 4.69) is 4.74 Å². The van der Waals surface area contributed by atoms with Crippen LogP contribution in [0.4, 0.5) is 13.2 Å².